The number of benzene rings is 1. The molecule has 1 aromatic carbocycles. The molecule has 2 fully saturated rings. The third-order valence-corrected chi connectivity index (χ3v) is 5.69. The summed E-state index contributed by atoms with van der Waals surface area (Å²) in [4.78, 5) is 17.0. The fraction of sp³-hybridized carbons (Fsp3) is 0.650. The molecule has 2 unspecified atom stereocenters. The summed E-state index contributed by atoms with van der Waals surface area (Å²) in [5.41, 5.74) is 1.17. The average Bonchev–Trinajstić information content (AvgIpc) is 2.68. The van der Waals surface area contributed by atoms with Gasteiger partial charge in [-0.25, -0.2) is 0 Å². The summed E-state index contributed by atoms with van der Waals surface area (Å²) in [6.45, 7) is 7.83. The van der Waals surface area contributed by atoms with E-state index in [1.54, 1.807) is 7.11 Å². The van der Waals surface area contributed by atoms with Crippen molar-refractivity contribution in [3.63, 3.8) is 0 Å². The standard InChI is InChI=1S/C20H31N3O2/c1-16(17-5-4-8-21-15-17)13-20(24)23-11-9-22(10-12-23)18-6-3-7-19(14-18)25-2/h3,6-7,14,16-17,21H,4-5,8-13,15H2,1-2H3. The van der Waals surface area contributed by atoms with Gasteiger partial charge < -0.3 is 19.9 Å². The average molecular weight is 345 g/mol. The number of methoxy groups -OCH3 is 1. The first-order chi connectivity index (χ1) is 12.2. The Hall–Kier alpha value is -1.75. The Morgan fingerprint density at radius 3 is 2.80 bits per heavy atom. The van der Waals surface area contributed by atoms with E-state index < -0.39 is 0 Å². The Balaban J connectivity index is 1.48. The van der Waals surface area contributed by atoms with Gasteiger partial charge in [-0.1, -0.05) is 13.0 Å². The van der Waals surface area contributed by atoms with E-state index in [4.69, 9.17) is 4.74 Å². The summed E-state index contributed by atoms with van der Waals surface area (Å²) in [5, 5.41) is 3.46. The van der Waals surface area contributed by atoms with E-state index >= 15 is 0 Å². The maximum atomic E-state index is 12.7. The lowest BCUT2D eigenvalue weighted by Gasteiger charge is -2.37. The molecule has 0 spiro atoms. The minimum absolute atomic E-state index is 0.323. The van der Waals surface area contributed by atoms with Crippen molar-refractivity contribution in [1.29, 1.82) is 0 Å². The van der Waals surface area contributed by atoms with Crippen LogP contribution in [0.4, 0.5) is 5.69 Å². The quantitative estimate of drug-likeness (QED) is 0.890. The summed E-state index contributed by atoms with van der Waals surface area (Å²) in [7, 11) is 1.69. The highest BCUT2D eigenvalue weighted by Crippen LogP contribution is 2.25. The van der Waals surface area contributed by atoms with E-state index in [1.165, 1.54) is 18.5 Å². The minimum Gasteiger partial charge on any atom is -0.497 e. The Morgan fingerprint density at radius 2 is 2.12 bits per heavy atom. The normalized spacial score (nSPS) is 22.6. The molecular formula is C20H31N3O2. The van der Waals surface area contributed by atoms with E-state index in [0.717, 1.165) is 45.0 Å². The highest BCUT2D eigenvalue weighted by atomic mass is 16.5. The molecule has 0 saturated carbocycles. The highest BCUT2D eigenvalue weighted by Gasteiger charge is 2.26. The summed E-state index contributed by atoms with van der Waals surface area (Å²) in [6.07, 6.45) is 3.18. The second kappa shape index (κ2) is 8.56. The van der Waals surface area contributed by atoms with Crippen LogP contribution >= 0.6 is 0 Å². The van der Waals surface area contributed by atoms with Crippen molar-refractivity contribution >= 4 is 11.6 Å². The van der Waals surface area contributed by atoms with Gasteiger partial charge >= 0.3 is 0 Å². The van der Waals surface area contributed by atoms with Crippen molar-refractivity contribution < 1.29 is 9.53 Å². The summed E-state index contributed by atoms with van der Waals surface area (Å²) in [6, 6.07) is 8.16. The number of carbonyl (C=O) groups excluding carboxylic acids is 1. The maximum Gasteiger partial charge on any atom is 0.222 e. The number of hydrogen-bond acceptors (Lipinski definition) is 4. The molecule has 1 aromatic rings. The van der Waals surface area contributed by atoms with Crippen LogP contribution in [0.1, 0.15) is 26.2 Å². The smallest absolute Gasteiger partial charge is 0.222 e. The van der Waals surface area contributed by atoms with Crippen LogP contribution < -0.4 is 15.0 Å². The van der Waals surface area contributed by atoms with Crippen molar-refractivity contribution in [3.05, 3.63) is 24.3 Å². The van der Waals surface area contributed by atoms with Crippen molar-refractivity contribution in [3.8, 4) is 5.75 Å². The van der Waals surface area contributed by atoms with Gasteiger partial charge in [-0.3, -0.25) is 4.79 Å². The van der Waals surface area contributed by atoms with Gasteiger partial charge in [-0.05, 0) is 49.9 Å². The SMILES string of the molecule is COc1cccc(N2CCN(C(=O)CC(C)C3CCCNC3)CC2)c1. The van der Waals surface area contributed by atoms with E-state index in [0.29, 0.717) is 24.2 Å². The molecule has 138 valence electrons. The molecule has 0 radical (unpaired) electrons. The van der Waals surface area contributed by atoms with Gasteiger partial charge in [0.2, 0.25) is 5.91 Å². The molecule has 0 aromatic heterocycles. The largest absolute Gasteiger partial charge is 0.497 e. The molecule has 5 nitrogen and oxygen atoms in total. The lowest BCUT2D eigenvalue weighted by Crippen LogP contribution is -2.49. The van der Waals surface area contributed by atoms with Gasteiger partial charge in [0, 0.05) is 44.4 Å². The van der Waals surface area contributed by atoms with Crippen LogP contribution in [0, 0.1) is 11.8 Å². The first kappa shape index (κ1) is 18.1. The fourth-order valence-corrected chi connectivity index (χ4v) is 3.96. The first-order valence-corrected chi connectivity index (χ1v) is 9.55. The number of nitrogens with one attached hydrogen (secondary N) is 1. The van der Waals surface area contributed by atoms with Crippen LogP contribution in [0.5, 0.6) is 5.75 Å². The Bertz CT molecular complexity index is 564. The van der Waals surface area contributed by atoms with Crippen LogP contribution in [0.15, 0.2) is 24.3 Å². The molecule has 2 atom stereocenters. The number of piperidine rings is 1. The van der Waals surface area contributed by atoms with Crippen LogP contribution in [-0.4, -0.2) is 57.2 Å². The van der Waals surface area contributed by atoms with Gasteiger partial charge in [0.15, 0.2) is 0 Å². The van der Waals surface area contributed by atoms with Crippen LogP contribution in [0.3, 0.4) is 0 Å². The molecule has 2 saturated heterocycles. The summed E-state index contributed by atoms with van der Waals surface area (Å²) in [5.74, 6) is 2.32. The third-order valence-electron chi connectivity index (χ3n) is 5.69. The molecule has 3 rings (SSSR count). The zero-order valence-corrected chi connectivity index (χ0v) is 15.5. The van der Waals surface area contributed by atoms with E-state index in [2.05, 4.69) is 29.3 Å². The van der Waals surface area contributed by atoms with Crippen molar-refractivity contribution in [1.82, 2.24) is 10.2 Å². The number of rotatable bonds is 5. The molecule has 1 N–H and O–H groups in total. The molecule has 25 heavy (non-hydrogen) atoms. The number of anilines is 1. The number of ether oxygens (including phenoxy) is 1. The second-order valence-electron chi connectivity index (χ2n) is 7.36. The van der Waals surface area contributed by atoms with Crippen molar-refractivity contribution in [2.24, 2.45) is 11.8 Å². The van der Waals surface area contributed by atoms with Gasteiger partial charge in [0.05, 0.1) is 7.11 Å². The lowest BCUT2D eigenvalue weighted by molar-refractivity contribution is -0.132. The predicted octanol–water partition coefficient (Wildman–Crippen LogP) is 2.37. The van der Waals surface area contributed by atoms with Crippen molar-refractivity contribution in [2.45, 2.75) is 26.2 Å². The zero-order chi connectivity index (χ0) is 17.6. The second-order valence-corrected chi connectivity index (χ2v) is 7.36. The Labute approximate surface area is 151 Å². The van der Waals surface area contributed by atoms with Crippen LogP contribution in [0.25, 0.3) is 0 Å². The first-order valence-electron chi connectivity index (χ1n) is 9.55. The minimum atomic E-state index is 0.323. The van der Waals surface area contributed by atoms with Crippen LogP contribution in [-0.2, 0) is 4.79 Å². The predicted molar refractivity (Wildman–Crippen MR) is 101 cm³/mol. The molecule has 2 aliphatic rings. The maximum absolute atomic E-state index is 12.7. The Kier molecular flexibility index (Phi) is 6.19. The number of nitrogens with zero attached hydrogens (tertiary/aromatic N) is 2. The van der Waals surface area contributed by atoms with E-state index in [1.807, 2.05) is 17.0 Å². The molecule has 2 aliphatic heterocycles. The molecule has 1 amide bonds. The molecular weight excluding hydrogens is 314 g/mol. The van der Waals surface area contributed by atoms with Crippen molar-refractivity contribution in [2.75, 3.05) is 51.3 Å². The topological polar surface area (TPSA) is 44.8 Å². The number of amides is 1. The molecule has 2 heterocycles. The summed E-state index contributed by atoms with van der Waals surface area (Å²) >= 11 is 0. The number of hydrogen-bond donors (Lipinski definition) is 1. The molecule has 0 bridgehead atoms. The number of piperazine rings is 1. The van der Waals surface area contributed by atoms with Crippen LogP contribution in [0.2, 0.25) is 0 Å². The summed E-state index contributed by atoms with van der Waals surface area (Å²) < 4.78 is 5.31. The zero-order valence-electron chi connectivity index (χ0n) is 15.5. The molecule has 0 aliphatic carbocycles. The molecule has 5 heteroatoms. The monoisotopic (exact) mass is 345 g/mol. The Morgan fingerprint density at radius 1 is 1.32 bits per heavy atom. The number of carbonyl (C=O) groups is 1. The van der Waals surface area contributed by atoms with Gasteiger partial charge in [-0.15, -0.1) is 0 Å². The van der Waals surface area contributed by atoms with E-state index in [9.17, 15) is 4.79 Å². The van der Waals surface area contributed by atoms with Gasteiger partial charge in [0.25, 0.3) is 0 Å². The van der Waals surface area contributed by atoms with Gasteiger partial charge in [-0.2, -0.15) is 0 Å². The fourth-order valence-electron chi connectivity index (χ4n) is 3.96. The lowest BCUT2D eigenvalue weighted by atomic mass is 9.85. The van der Waals surface area contributed by atoms with Gasteiger partial charge in [0.1, 0.15) is 5.75 Å². The van der Waals surface area contributed by atoms with E-state index in [-0.39, 0.29) is 0 Å². The highest BCUT2D eigenvalue weighted by molar-refractivity contribution is 5.76. The third kappa shape index (κ3) is 4.66.